The summed E-state index contributed by atoms with van der Waals surface area (Å²) in [6.07, 6.45) is 1.64. The van der Waals surface area contributed by atoms with E-state index in [2.05, 4.69) is 42.7 Å². The molecule has 0 saturated carbocycles. The molecule has 230 valence electrons. The number of aromatic amines is 2. The summed E-state index contributed by atoms with van der Waals surface area (Å²) in [5.74, 6) is -1.43. The fraction of sp³-hybridized carbons (Fsp3) is 0.300. The van der Waals surface area contributed by atoms with E-state index in [0.29, 0.717) is 22.6 Å². The Morgan fingerprint density at radius 1 is 0.977 bits per heavy atom. The minimum absolute atomic E-state index is 0.0912. The smallest absolute Gasteiger partial charge is 0.272 e. The maximum atomic E-state index is 13.9. The fourth-order valence-corrected chi connectivity index (χ4v) is 7.42. The number of anilines is 3. The molecule has 2 aromatic carbocycles. The van der Waals surface area contributed by atoms with Crippen LogP contribution in [0.5, 0.6) is 0 Å². The number of benzene rings is 2. The van der Waals surface area contributed by atoms with Crippen LogP contribution in [-0.4, -0.2) is 77.8 Å². The lowest BCUT2D eigenvalue weighted by Crippen LogP contribution is -2.44. The van der Waals surface area contributed by atoms with E-state index in [1.54, 1.807) is 44.3 Å². The first kappa shape index (κ1) is 29.5. The Balaban J connectivity index is 1.29. The zero-order chi connectivity index (χ0) is 31.2. The quantitative estimate of drug-likeness (QED) is 0.247. The van der Waals surface area contributed by atoms with Gasteiger partial charge in [-0.15, -0.1) is 0 Å². The van der Waals surface area contributed by atoms with Crippen LogP contribution in [0.4, 0.5) is 21.6 Å². The lowest BCUT2D eigenvalue weighted by molar-refractivity contribution is 0.102. The zero-order valence-electron chi connectivity index (χ0n) is 24.5. The molecule has 1 fully saturated rings. The van der Waals surface area contributed by atoms with Crippen LogP contribution in [0.1, 0.15) is 46.0 Å². The highest BCUT2D eigenvalue weighted by Crippen LogP contribution is 2.44. The van der Waals surface area contributed by atoms with Crippen molar-refractivity contribution in [2.45, 2.75) is 30.8 Å². The van der Waals surface area contributed by atoms with Crippen molar-refractivity contribution in [3.8, 4) is 0 Å². The van der Waals surface area contributed by atoms with Crippen molar-refractivity contribution in [3.63, 3.8) is 0 Å². The Morgan fingerprint density at radius 2 is 1.75 bits per heavy atom. The predicted molar refractivity (Wildman–Crippen MR) is 164 cm³/mol. The van der Waals surface area contributed by atoms with Gasteiger partial charge >= 0.3 is 0 Å². The van der Waals surface area contributed by atoms with Crippen LogP contribution in [0.25, 0.3) is 0 Å². The molecule has 2 aliphatic heterocycles. The second-order valence-electron chi connectivity index (χ2n) is 11.5. The molecule has 4 aromatic rings. The van der Waals surface area contributed by atoms with Crippen molar-refractivity contribution in [1.82, 2.24) is 24.4 Å². The zero-order valence-corrected chi connectivity index (χ0v) is 25.3. The highest BCUT2D eigenvalue weighted by atomic mass is 32.2. The summed E-state index contributed by atoms with van der Waals surface area (Å²) >= 11 is 0. The van der Waals surface area contributed by atoms with E-state index in [0.717, 1.165) is 37.9 Å². The maximum absolute atomic E-state index is 13.9. The molecule has 0 radical (unpaired) electrons. The molecule has 0 aliphatic carbocycles. The molecule has 44 heavy (non-hydrogen) atoms. The molecule has 2 aliphatic rings. The second-order valence-corrected chi connectivity index (χ2v) is 13.3. The number of aromatic nitrogens is 3. The number of rotatable bonds is 7. The lowest BCUT2D eigenvalue weighted by Gasteiger charge is -2.34. The van der Waals surface area contributed by atoms with Gasteiger partial charge in [0.1, 0.15) is 11.5 Å². The number of hydrogen-bond donors (Lipinski definition) is 4. The number of fused-ring (bicyclic) bond motifs is 1. The van der Waals surface area contributed by atoms with E-state index in [-0.39, 0.29) is 22.8 Å². The molecular weight excluding hydrogens is 587 g/mol. The SMILES string of the molecule is CN1CCN(c2ccc(C(=O)Nc3n[nH]c4c3CN(S(=O)(=O)c3cccc(F)c3)C4(C)C)c(NC(=O)c3ccc[nH]3)c2)CC1. The molecule has 4 heterocycles. The average Bonchev–Trinajstić information content (AvgIpc) is 3.72. The van der Waals surface area contributed by atoms with Crippen LogP contribution >= 0.6 is 0 Å². The highest BCUT2D eigenvalue weighted by Gasteiger charge is 2.48. The van der Waals surface area contributed by atoms with Gasteiger partial charge in [-0.05, 0) is 69.4 Å². The second kappa shape index (κ2) is 11.2. The van der Waals surface area contributed by atoms with Crippen molar-refractivity contribution in [2.75, 3.05) is 48.8 Å². The number of amides is 2. The van der Waals surface area contributed by atoms with Crippen LogP contribution in [0.15, 0.2) is 65.7 Å². The van der Waals surface area contributed by atoms with E-state index in [4.69, 9.17) is 0 Å². The summed E-state index contributed by atoms with van der Waals surface area (Å²) in [6.45, 7) is 6.71. The first-order valence-electron chi connectivity index (χ1n) is 14.1. The summed E-state index contributed by atoms with van der Waals surface area (Å²) in [4.78, 5) is 33.8. The van der Waals surface area contributed by atoms with Gasteiger partial charge in [-0.2, -0.15) is 9.40 Å². The van der Waals surface area contributed by atoms with Gasteiger partial charge in [0.25, 0.3) is 11.8 Å². The Kier molecular flexibility index (Phi) is 7.51. The normalized spacial score (nSPS) is 17.0. The van der Waals surface area contributed by atoms with Gasteiger partial charge in [-0.25, -0.2) is 12.8 Å². The van der Waals surface area contributed by atoms with Crippen LogP contribution in [0.3, 0.4) is 0 Å². The summed E-state index contributed by atoms with van der Waals surface area (Å²) < 4.78 is 42.2. The van der Waals surface area contributed by atoms with Gasteiger partial charge in [0, 0.05) is 50.2 Å². The Hall–Kier alpha value is -4.53. The molecule has 4 N–H and O–H groups in total. The highest BCUT2D eigenvalue weighted by molar-refractivity contribution is 7.89. The molecule has 0 spiro atoms. The third-order valence-electron chi connectivity index (χ3n) is 8.23. The van der Waals surface area contributed by atoms with Crippen molar-refractivity contribution < 1.29 is 22.4 Å². The molecule has 6 rings (SSSR count). The van der Waals surface area contributed by atoms with E-state index < -0.39 is 33.2 Å². The number of carbonyl (C=O) groups is 2. The molecule has 0 unspecified atom stereocenters. The first-order chi connectivity index (χ1) is 20.9. The monoisotopic (exact) mass is 620 g/mol. The van der Waals surface area contributed by atoms with Gasteiger partial charge < -0.3 is 25.4 Å². The molecule has 2 aromatic heterocycles. The third-order valence-corrected chi connectivity index (χ3v) is 10.2. The summed E-state index contributed by atoms with van der Waals surface area (Å²) in [6, 6.07) is 13.5. The topological polar surface area (TPSA) is 147 Å². The largest absolute Gasteiger partial charge is 0.369 e. The van der Waals surface area contributed by atoms with Crippen molar-refractivity contribution in [2.24, 2.45) is 0 Å². The van der Waals surface area contributed by atoms with Gasteiger partial charge in [0.2, 0.25) is 10.0 Å². The summed E-state index contributed by atoms with van der Waals surface area (Å²) in [5, 5.41) is 12.8. The molecule has 0 atom stereocenters. The minimum Gasteiger partial charge on any atom is -0.369 e. The van der Waals surface area contributed by atoms with Crippen molar-refractivity contribution in [3.05, 3.63) is 89.1 Å². The molecular formula is C30H33FN8O4S. The summed E-state index contributed by atoms with van der Waals surface area (Å²) in [5.41, 5.74) is 1.69. The van der Waals surface area contributed by atoms with E-state index in [1.807, 2.05) is 6.07 Å². The van der Waals surface area contributed by atoms with Gasteiger partial charge in [0.15, 0.2) is 5.82 Å². The number of hydrogen-bond acceptors (Lipinski definition) is 7. The summed E-state index contributed by atoms with van der Waals surface area (Å²) in [7, 11) is -2.02. The lowest BCUT2D eigenvalue weighted by atomic mass is 10.0. The predicted octanol–water partition coefficient (Wildman–Crippen LogP) is 3.57. The van der Waals surface area contributed by atoms with Crippen LogP contribution < -0.4 is 15.5 Å². The molecule has 0 bridgehead atoms. The van der Waals surface area contributed by atoms with Crippen molar-refractivity contribution >= 4 is 39.0 Å². The number of piperazine rings is 1. The Labute approximate surface area is 254 Å². The van der Waals surface area contributed by atoms with Crippen LogP contribution in [0, 0.1) is 5.82 Å². The standard InChI is InChI=1S/C30H33FN8O4S/c1-30(2)26-23(18-39(30)44(42,43)21-7-4-6-19(31)16-21)27(36-35-26)34-28(40)22-10-9-20(38-14-12-37(3)13-15-38)17-25(22)33-29(41)24-8-5-11-32-24/h4-11,16-17,32H,12-15,18H2,1-3H3,(H,33,41)(H2,34,35,36,40). The Morgan fingerprint density at radius 3 is 2.45 bits per heavy atom. The molecule has 14 heteroatoms. The fourth-order valence-electron chi connectivity index (χ4n) is 5.67. The van der Waals surface area contributed by atoms with E-state index in [9.17, 15) is 22.4 Å². The van der Waals surface area contributed by atoms with Gasteiger partial charge in [0.05, 0.1) is 27.4 Å². The number of likely N-dealkylation sites (N-methyl/N-ethyl adjacent to an activating group) is 1. The molecule has 2 amide bonds. The first-order valence-corrected chi connectivity index (χ1v) is 15.6. The number of H-pyrrole nitrogens is 2. The van der Waals surface area contributed by atoms with E-state index >= 15 is 0 Å². The number of carbonyl (C=O) groups excluding carboxylic acids is 2. The number of nitrogens with zero attached hydrogens (tertiary/aromatic N) is 4. The van der Waals surface area contributed by atoms with Crippen molar-refractivity contribution in [1.29, 1.82) is 0 Å². The molecule has 12 nitrogen and oxygen atoms in total. The van der Waals surface area contributed by atoms with E-state index in [1.165, 1.54) is 22.5 Å². The third kappa shape index (κ3) is 5.36. The van der Waals surface area contributed by atoms with Crippen LogP contribution in [-0.2, 0) is 22.1 Å². The van der Waals surface area contributed by atoms with Gasteiger partial charge in [-0.3, -0.25) is 14.7 Å². The maximum Gasteiger partial charge on any atom is 0.272 e. The number of nitrogens with one attached hydrogen (secondary N) is 4. The van der Waals surface area contributed by atoms with Crippen LogP contribution in [0.2, 0.25) is 0 Å². The number of halogens is 1. The Bertz CT molecular complexity index is 1830. The number of sulfonamides is 1. The average molecular weight is 621 g/mol. The molecule has 1 saturated heterocycles. The minimum atomic E-state index is -4.09. The van der Waals surface area contributed by atoms with Gasteiger partial charge in [-0.1, -0.05) is 6.07 Å².